The summed E-state index contributed by atoms with van der Waals surface area (Å²) in [5.41, 5.74) is 15.0. The number of rotatable bonds is 7. The van der Waals surface area contributed by atoms with Gasteiger partial charge >= 0.3 is 56.0 Å². The maximum atomic E-state index is 13.6. The average Bonchev–Trinajstić information content (AvgIpc) is 1.45. The lowest BCUT2D eigenvalue weighted by molar-refractivity contribution is -0.0296. The van der Waals surface area contributed by atoms with E-state index < -0.39 is 93.7 Å². The minimum atomic E-state index is -1.06. The van der Waals surface area contributed by atoms with Crippen molar-refractivity contribution >= 4 is 188 Å². The van der Waals surface area contributed by atoms with Gasteiger partial charge in [0.25, 0.3) is 0 Å². The highest BCUT2D eigenvalue weighted by Gasteiger charge is 2.52. The number of hydrogen-bond acceptors (Lipinski definition) is 31. The molecule has 2 saturated heterocycles. The van der Waals surface area contributed by atoms with Crippen molar-refractivity contribution in [3.8, 4) is 33.8 Å². The number of ether oxygens (including phenoxy) is 10. The van der Waals surface area contributed by atoms with Crippen molar-refractivity contribution in [2.45, 2.75) is 263 Å². The van der Waals surface area contributed by atoms with Crippen LogP contribution in [-0.4, -0.2) is 187 Å². The molecule has 4 amide bonds. The number of nitrogens with zero attached hydrogens (tertiary/aromatic N) is 13. The van der Waals surface area contributed by atoms with Crippen LogP contribution in [0.25, 0.3) is 67.7 Å². The normalized spacial score (nSPS) is 14.2. The van der Waals surface area contributed by atoms with Crippen LogP contribution in [0.3, 0.4) is 0 Å². The van der Waals surface area contributed by atoms with Gasteiger partial charge in [-0.1, -0.05) is 85.0 Å². The minimum Gasteiger partial charge on any atom is -0.443 e. The van der Waals surface area contributed by atoms with Gasteiger partial charge < -0.3 is 73.0 Å². The zero-order valence-corrected chi connectivity index (χ0v) is 90.7. The monoisotopic (exact) mass is 2180 g/mol. The first kappa shape index (κ1) is 112. The van der Waals surface area contributed by atoms with Crippen molar-refractivity contribution in [1.82, 2.24) is 49.0 Å². The molecule has 6 aromatic heterocycles. The van der Waals surface area contributed by atoms with Crippen molar-refractivity contribution in [3.05, 3.63) is 175 Å². The van der Waals surface area contributed by atoms with Crippen LogP contribution < -0.4 is 31.6 Å². The number of morpholine rings is 1. The lowest BCUT2D eigenvalue weighted by atomic mass is 9.75. The Morgan fingerprint density at radius 3 is 1.18 bits per heavy atom. The van der Waals surface area contributed by atoms with Crippen LogP contribution in [0.2, 0.25) is 0 Å². The number of allylic oxidation sites excluding steroid dienone is 2. The maximum absolute atomic E-state index is 13.6. The second-order valence-corrected chi connectivity index (χ2v) is 44.4. The molecular weight excluding hydrogens is 2060 g/mol. The summed E-state index contributed by atoms with van der Waals surface area (Å²) in [7, 11) is -0.257. The number of anilines is 5. The Balaban J connectivity index is 0.000000202. The van der Waals surface area contributed by atoms with Gasteiger partial charge in [-0.05, 0) is 322 Å². The Morgan fingerprint density at radius 1 is 0.407 bits per heavy atom. The molecule has 8 heterocycles. The topological polar surface area (TPSA) is 422 Å². The van der Waals surface area contributed by atoms with E-state index in [4.69, 9.17) is 68.4 Å². The molecule has 2 aliphatic carbocycles. The van der Waals surface area contributed by atoms with Crippen LogP contribution >= 0.6 is 63.7 Å². The second-order valence-electron chi connectivity index (χ2n) is 41.2. The van der Waals surface area contributed by atoms with Gasteiger partial charge in [0.2, 0.25) is 0 Å². The molecule has 14 rings (SSSR count). The SMILES string of the molecule is CC(C)(C)OC(=O)N(C(=O)OC(C)(C)C)c1ncc(Br)nc1-c1cccc2c1ccn2C(=O)OC(C)(C)C.CC(C)(C)OC(=O)N(C(=O)OC(C)(C)C)c1ncc(N2CCOCC2)nc1-c1cccc2c1ccn2C(=O)OC(C)(C)C.CC(C)(C)OC(=O)OC(=O)OC(C)(C)C.CC1(C)OB(c2cccc3c2C=CC3)OC1(C)C.Nc1ncc(Br)nc1-c1cccc2c1C=CC2.Nc1ncc(Br)nc1Br. The summed E-state index contributed by atoms with van der Waals surface area (Å²) in [4.78, 5) is 140. The molecule has 0 radical (unpaired) electrons. The number of fused-ring (bicyclic) bond motifs is 4. The van der Waals surface area contributed by atoms with Gasteiger partial charge in [-0.25, -0.2) is 78.2 Å². The Labute approximate surface area is 850 Å². The fourth-order valence-electron chi connectivity index (χ4n) is 13.3. The molecule has 0 spiro atoms. The minimum absolute atomic E-state index is 0.0713. The predicted octanol–water partition coefficient (Wildman–Crippen LogP) is 23.8. The summed E-state index contributed by atoms with van der Waals surface area (Å²) in [6, 6.07) is 26.6. The smallest absolute Gasteiger partial charge is 0.443 e. The Bertz CT molecular complexity index is 6180. The van der Waals surface area contributed by atoms with E-state index in [-0.39, 0.29) is 41.3 Å². The van der Waals surface area contributed by atoms with Crippen LogP contribution in [0.1, 0.15) is 216 Å². The molecule has 2 aliphatic heterocycles. The van der Waals surface area contributed by atoms with E-state index in [1.807, 2.05) is 17.0 Å². The summed E-state index contributed by atoms with van der Waals surface area (Å²) in [6.45, 7) is 51.7. The fraction of sp³-hybridized carbons (Fsp3) is 0.440. The molecule has 4 aromatic carbocycles. The Kier molecular flexibility index (Phi) is 35.9. The highest BCUT2D eigenvalue weighted by atomic mass is 79.9. The van der Waals surface area contributed by atoms with E-state index in [9.17, 15) is 38.4 Å². The zero-order chi connectivity index (χ0) is 104. The number of hydrogen-bond donors (Lipinski definition) is 2. The summed E-state index contributed by atoms with van der Waals surface area (Å²) in [5.74, 6) is 1.24. The molecule has 4 aliphatic rings. The standard InChI is InChI=1S/C31H41N5O7.C27H33BrN4O6.C15H19BO2.C13H10BrN3.C10H18O5.C4H3Br2N3/c1-29(2,3)41-26(37)35-14-13-20-21(11-10-12-22(20)35)24-25(32-19-23(33-24)34-15-17-40-18-16-34)36(27(38)42-30(4,5)6)28(39)43-31(7,8)9;1-25(2,3)36-22(33)31-14-13-16-17(11-10-12-18(16)31)20-21(29-15-19(28)30-20)32(23(34)37-26(4,5)6)24(35)38-27(7,8)9;1-14(2)15(3,4)18-16(17-14)13-10-6-8-11-7-5-9-12(11)13;14-11-7-16-13(15)12(17-11)10-6-2-4-8-3-1-5-9(8)10;1-9(2,3)14-7(11)13-8(12)15-10(4,5)6;5-2-1-8-4(7)3(6)9-2/h10-14,19H,15-18H2,1-9H3;10-15H,1-9H3;5-6,8-10H,7H2,1-4H3;1-2,4-7H,3H2,(H2,15,16);1-6H3;1H,(H2,7,8). The van der Waals surface area contributed by atoms with Crippen molar-refractivity contribution in [1.29, 1.82) is 0 Å². The molecule has 0 saturated carbocycles. The van der Waals surface area contributed by atoms with Gasteiger partial charge in [0.1, 0.15) is 91.9 Å². The van der Waals surface area contributed by atoms with E-state index in [2.05, 4.69) is 180 Å². The van der Waals surface area contributed by atoms with Crippen LogP contribution in [-0.2, 0) is 69.5 Å². The highest BCUT2D eigenvalue weighted by molar-refractivity contribution is 9.11. The molecule has 10 aromatic rings. The number of carbonyl (C=O) groups excluding carboxylic acids is 8. The van der Waals surface area contributed by atoms with Gasteiger partial charge in [0, 0.05) is 52.9 Å². The third kappa shape index (κ3) is 31.8. The van der Waals surface area contributed by atoms with E-state index in [1.165, 1.54) is 43.8 Å². The average molecular weight is 2190 g/mol. The molecule has 140 heavy (non-hydrogen) atoms. The van der Waals surface area contributed by atoms with Gasteiger partial charge in [-0.15, -0.1) is 0 Å². The third-order valence-corrected chi connectivity index (χ3v) is 21.3. The van der Waals surface area contributed by atoms with E-state index in [0.717, 1.165) is 39.4 Å². The number of nitrogens with two attached hydrogens (primary N) is 2. The summed E-state index contributed by atoms with van der Waals surface area (Å²) < 4.78 is 70.1. The molecule has 35 nitrogen and oxygen atoms in total. The van der Waals surface area contributed by atoms with E-state index in [0.29, 0.717) is 95.1 Å². The van der Waals surface area contributed by atoms with E-state index in [1.54, 1.807) is 239 Å². The molecule has 40 heteroatoms. The molecule has 0 bridgehead atoms. The van der Waals surface area contributed by atoms with Crippen LogP contribution in [0, 0.1) is 0 Å². The second kappa shape index (κ2) is 45.0. The van der Waals surface area contributed by atoms with Crippen molar-refractivity contribution in [2.75, 3.05) is 52.5 Å². The number of carbonyl (C=O) groups is 8. The van der Waals surface area contributed by atoms with Gasteiger partial charge in [-0.3, -0.25) is 9.13 Å². The third-order valence-electron chi connectivity index (χ3n) is 19.6. The first-order valence-corrected chi connectivity index (χ1v) is 48.0. The number of imide groups is 2. The van der Waals surface area contributed by atoms with Gasteiger partial charge in [0.05, 0.1) is 60.2 Å². The van der Waals surface area contributed by atoms with Crippen LogP contribution in [0.4, 0.5) is 67.4 Å². The maximum Gasteiger partial charge on any atom is 0.519 e. The molecule has 0 unspecified atom stereocenters. The predicted molar refractivity (Wildman–Crippen MR) is 552 cm³/mol. The fourth-order valence-corrected chi connectivity index (χ4v) is 14.7. The lowest BCUT2D eigenvalue weighted by Crippen LogP contribution is -2.44. The summed E-state index contributed by atoms with van der Waals surface area (Å²) in [5, 5.41) is 1.26. The summed E-state index contributed by atoms with van der Waals surface area (Å²) >= 11 is 12.9. The number of nitrogen functional groups attached to an aromatic ring is 2. The molecule has 2 fully saturated rings. The Morgan fingerprint density at radius 2 is 0.764 bits per heavy atom. The largest absolute Gasteiger partial charge is 0.519 e. The van der Waals surface area contributed by atoms with Crippen molar-refractivity contribution in [2.24, 2.45) is 0 Å². The van der Waals surface area contributed by atoms with Gasteiger partial charge in [0.15, 0.2) is 17.5 Å². The van der Waals surface area contributed by atoms with Crippen LogP contribution in [0.15, 0.2) is 153 Å². The number of benzene rings is 4. The number of amides is 4. The lowest BCUT2D eigenvalue weighted by Gasteiger charge is -2.32. The quantitative estimate of drug-likeness (QED) is 0.0647. The van der Waals surface area contributed by atoms with Crippen LogP contribution in [0.5, 0.6) is 0 Å². The first-order valence-electron chi connectivity index (χ1n) is 44.9. The Hall–Kier alpha value is -11.8. The number of aromatic nitrogens is 10. The van der Waals surface area contributed by atoms with Crippen molar-refractivity contribution < 1.29 is 95.0 Å². The zero-order valence-electron chi connectivity index (χ0n) is 84.3. The highest BCUT2D eigenvalue weighted by Crippen LogP contribution is 2.42. The van der Waals surface area contributed by atoms with Crippen molar-refractivity contribution in [3.63, 3.8) is 0 Å². The molecule has 0 atom stereocenters. The summed E-state index contributed by atoms with van der Waals surface area (Å²) in [6.07, 6.45) is 12.8. The molecule has 4 N–H and O–H groups in total. The first-order chi connectivity index (χ1) is 64.6. The molecular formula is C100H124BBr4N15O20. The number of halogens is 4. The van der Waals surface area contributed by atoms with E-state index >= 15 is 0 Å². The van der Waals surface area contributed by atoms with Gasteiger partial charge in [-0.2, -0.15) is 9.80 Å². The molecule has 750 valence electrons.